The Kier molecular flexibility index (Phi) is 6.79. The smallest absolute Gasteiger partial charge is 0.273 e. The van der Waals surface area contributed by atoms with Gasteiger partial charge in [-0.1, -0.05) is 13.8 Å². The molecule has 0 amide bonds. The van der Waals surface area contributed by atoms with E-state index in [9.17, 15) is 10.1 Å². The van der Waals surface area contributed by atoms with Gasteiger partial charge < -0.3 is 15.7 Å². The second-order valence-electron chi connectivity index (χ2n) is 4.95. The van der Waals surface area contributed by atoms with Crippen LogP contribution in [-0.2, 0) is 0 Å². The predicted molar refractivity (Wildman–Crippen MR) is 81.2 cm³/mol. The van der Waals surface area contributed by atoms with Crippen molar-refractivity contribution in [2.45, 2.75) is 26.7 Å². The van der Waals surface area contributed by atoms with E-state index in [0.29, 0.717) is 18.9 Å². The van der Waals surface area contributed by atoms with E-state index in [0.717, 1.165) is 24.3 Å². The predicted octanol–water partition coefficient (Wildman–Crippen LogP) is 2.85. The van der Waals surface area contributed by atoms with Crippen LogP contribution in [0.25, 0.3) is 0 Å². The molecule has 1 rings (SSSR count). The second-order valence-corrected chi connectivity index (χ2v) is 4.95. The molecule has 1 aromatic rings. The van der Waals surface area contributed by atoms with Crippen molar-refractivity contribution in [2.75, 3.05) is 30.3 Å². The van der Waals surface area contributed by atoms with E-state index in [1.165, 1.54) is 12.1 Å². The quantitative estimate of drug-likeness (QED) is 0.478. The third-order valence-electron chi connectivity index (χ3n) is 2.98. The Balaban J connectivity index is 2.77. The number of hydrogen-bond acceptors (Lipinski definition) is 5. The first kappa shape index (κ1) is 16.2. The molecule has 112 valence electrons. The van der Waals surface area contributed by atoms with Gasteiger partial charge >= 0.3 is 0 Å². The molecule has 6 heteroatoms. The van der Waals surface area contributed by atoms with Gasteiger partial charge in [-0.05, 0) is 24.8 Å². The van der Waals surface area contributed by atoms with E-state index in [1.54, 1.807) is 0 Å². The molecule has 0 radical (unpaired) electrons. The molecule has 6 nitrogen and oxygen atoms in total. The van der Waals surface area contributed by atoms with Crippen LogP contribution in [0.3, 0.4) is 0 Å². The number of anilines is 2. The molecule has 0 fully saturated rings. The van der Waals surface area contributed by atoms with Gasteiger partial charge in [0.1, 0.15) is 0 Å². The summed E-state index contributed by atoms with van der Waals surface area (Å²) in [5.74, 6) is 0.311. The Morgan fingerprint density at radius 3 is 2.50 bits per heavy atom. The van der Waals surface area contributed by atoms with Crippen molar-refractivity contribution in [3.05, 3.63) is 28.3 Å². The van der Waals surface area contributed by atoms with E-state index in [4.69, 9.17) is 5.11 Å². The minimum atomic E-state index is -0.389. The average molecular weight is 281 g/mol. The number of non-ortho nitro benzene ring substituents is 1. The van der Waals surface area contributed by atoms with Gasteiger partial charge in [0.2, 0.25) is 0 Å². The molecule has 0 spiro atoms. The van der Waals surface area contributed by atoms with Gasteiger partial charge in [0, 0.05) is 43.2 Å². The SMILES string of the molecule is CCCNc1cc(NCC(C)CCO)cc([N+](=O)[O-])c1. The maximum absolute atomic E-state index is 10.9. The van der Waals surface area contributed by atoms with Crippen molar-refractivity contribution in [2.24, 2.45) is 5.92 Å². The number of nitrogens with one attached hydrogen (secondary N) is 2. The van der Waals surface area contributed by atoms with Crippen LogP contribution in [0, 0.1) is 16.0 Å². The Morgan fingerprint density at radius 2 is 1.95 bits per heavy atom. The number of nitro groups is 1. The summed E-state index contributed by atoms with van der Waals surface area (Å²) in [6, 6.07) is 4.94. The number of hydrogen-bond donors (Lipinski definition) is 3. The van der Waals surface area contributed by atoms with E-state index < -0.39 is 0 Å². The molecule has 0 aromatic heterocycles. The highest BCUT2D eigenvalue weighted by Crippen LogP contribution is 2.24. The van der Waals surface area contributed by atoms with Gasteiger partial charge in [0.25, 0.3) is 5.69 Å². The van der Waals surface area contributed by atoms with Gasteiger partial charge in [0.05, 0.1) is 4.92 Å². The van der Waals surface area contributed by atoms with Crippen molar-refractivity contribution in [3.63, 3.8) is 0 Å². The molecule has 3 N–H and O–H groups in total. The highest BCUT2D eigenvalue weighted by atomic mass is 16.6. The van der Waals surface area contributed by atoms with Crippen LogP contribution in [-0.4, -0.2) is 29.7 Å². The number of nitro benzene ring substituents is 1. The third kappa shape index (κ3) is 5.44. The number of benzene rings is 1. The summed E-state index contributed by atoms with van der Waals surface area (Å²) in [5.41, 5.74) is 1.55. The zero-order chi connectivity index (χ0) is 15.0. The maximum atomic E-state index is 10.9. The molecule has 0 saturated heterocycles. The number of nitrogens with zero attached hydrogens (tertiary/aromatic N) is 1. The normalized spacial score (nSPS) is 11.9. The van der Waals surface area contributed by atoms with Gasteiger partial charge in [-0.25, -0.2) is 0 Å². The number of rotatable bonds is 9. The average Bonchev–Trinajstić information content (AvgIpc) is 2.43. The zero-order valence-corrected chi connectivity index (χ0v) is 12.1. The largest absolute Gasteiger partial charge is 0.396 e. The van der Waals surface area contributed by atoms with Crippen LogP contribution in [0.4, 0.5) is 17.1 Å². The van der Waals surface area contributed by atoms with Crippen molar-refractivity contribution < 1.29 is 10.0 Å². The molecule has 0 aliphatic rings. The fourth-order valence-corrected chi connectivity index (χ4v) is 1.80. The first-order valence-electron chi connectivity index (χ1n) is 6.95. The molecule has 0 bridgehead atoms. The van der Waals surface area contributed by atoms with Crippen LogP contribution in [0.2, 0.25) is 0 Å². The van der Waals surface area contributed by atoms with Gasteiger partial charge in [-0.3, -0.25) is 10.1 Å². The Bertz CT molecular complexity index is 438. The first-order chi connectivity index (χ1) is 9.56. The van der Waals surface area contributed by atoms with E-state index in [2.05, 4.69) is 10.6 Å². The van der Waals surface area contributed by atoms with Crippen LogP contribution in [0.15, 0.2) is 18.2 Å². The van der Waals surface area contributed by atoms with Crippen LogP contribution in [0.1, 0.15) is 26.7 Å². The summed E-state index contributed by atoms with van der Waals surface area (Å²) in [5, 5.41) is 26.1. The van der Waals surface area contributed by atoms with Crippen molar-refractivity contribution in [1.29, 1.82) is 0 Å². The Labute approximate surface area is 119 Å². The molecule has 0 aliphatic carbocycles. The minimum absolute atomic E-state index is 0.0726. The lowest BCUT2D eigenvalue weighted by Gasteiger charge is -2.13. The standard InChI is InChI=1S/C14H23N3O3/c1-3-5-15-12-7-13(9-14(8-12)17(19)20)16-10-11(2)4-6-18/h7-9,11,15-16,18H,3-6,10H2,1-2H3. The molecule has 0 saturated carbocycles. The van der Waals surface area contributed by atoms with Crippen LogP contribution in [0.5, 0.6) is 0 Å². The molecular formula is C14H23N3O3. The fourth-order valence-electron chi connectivity index (χ4n) is 1.80. The molecule has 0 aliphatic heterocycles. The van der Waals surface area contributed by atoms with Crippen molar-refractivity contribution >= 4 is 17.1 Å². The summed E-state index contributed by atoms with van der Waals surface area (Å²) in [4.78, 5) is 10.5. The van der Waals surface area contributed by atoms with Crippen LogP contribution >= 0.6 is 0 Å². The summed E-state index contributed by atoms with van der Waals surface area (Å²) in [7, 11) is 0. The second kappa shape index (κ2) is 8.37. The topological polar surface area (TPSA) is 87.4 Å². The Hall–Kier alpha value is -1.82. The molecule has 1 unspecified atom stereocenters. The van der Waals surface area contributed by atoms with E-state index in [1.807, 2.05) is 19.9 Å². The third-order valence-corrected chi connectivity index (χ3v) is 2.98. The summed E-state index contributed by atoms with van der Waals surface area (Å²) in [6.07, 6.45) is 1.67. The van der Waals surface area contributed by atoms with Gasteiger partial charge in [-0.15, -0.1) is 0 Å². The van der Waals surface area contributed by atoms with Crippen LogP contribution < -0.4 is 10.6 Å². The Morgan fingerprint density at radius 1 is 1.30 bits per heavy atom. The van der Waals surface area contributed by atoms with Gasteiger partial charge in [0.15, 0.2) is 0 Å². The minimum Gasteiger partial charge on any atom is -0.396 e. The van der Waals surface area contributed by atoms with Gasteiger partial charge in [-0.2, -0.15) is 0 Å². The molecule has 1 atom stereocenters. The first-order valence-corrected chi connectivity index (χ1v) is 6.95. The monoisotopic (exact) mass is 281 g/mol. The molecule has 20 heavy (non-hydrogen) atoms. The lowest BCUT2D eigenvalue weighted by atomic mass is 10.1. The van der Waals surface area contributed by atoms with E-state index >= 15 is 0 Å². The van der Waals surface area contributed by atoms with Crippen molar-refractivity contribution in [3.8, 4) is 0 Å². The summed E-state index contributed by atoms with van der Waals surface area (Å²) < 4.78 is 0. The lowest BCUT2D eigenvalue weighted by Crippen LogP contribution is -2.13. The lowest BCUT2D eigenvalue weighted by molar-refractivity contribution is -0.384. The highest BCUT2D eigenvalue weighted by Gasteiger charge is 2.10. The molecular weight excluding hydrogens is 258 g/mol. The zero-order valence-electron chi connectivity index (χ0n) is 12.1. The number of aliphatic hydroxyl groups excluding tert-OH is 1. The highest BCUT2D eigenvalue weighted by molar-refractivity contribution is 5.63. The maximum Gasteiger partial charge on any atom is 0.273 e. The summed E-state index contributed by atoms with van der Waals surface area (Å²) in [6.45, 7) is 5.68. The summed E-state index contributed by atoms with van der Waals surface area (Å²) >= 11 is 0. The molecule has 0 heterocycles. The number of aliphatic hydroxyl groups is 1. The fraction of sp³-hybridized carbons (Fsp3) is 0.571. The van der Waals surface area contributed by atoms with E-state index in [-0.39, 0.29) is 17.2 Å². The van der Waals surface area contributed by atoms with Crippen molar-refractivity contribution in [1.82, 2.24) is 0 Å². The molecule has 1 aromatic carbocycles.